The summed E-state index contributed by atoms with van der Waals surface area (Å²) in [6, 6.07) is 11.2. The third-order valence-corrected chi connectivity index (χ3v) is 4.60. The average molecular weight is 295 g/mol. The Morgan fingerprint density at radius 1 is 0.955 bits per heavy atom. The minimum absolute atomic E-state index is 0.236. The molecule has 0 bridgehead atoms. The van der Waals surface area contributed by atoms with E-state index in [1.165, 1.54) is 27.8 Å². The van der Waals surface area contributed by atoms with Crippen molar-refractivity contribution in [3.05, 3.63) is 58.1 Å². The molecule has 0 saturated heterocycles. The number of ether oxygens (including phenoxy) is 2. The predicted molar refractivity (Wildman–Crippen MR) is 86.9 cm³/mol. The summed E-state index contributed by atoms with van der Waals surface area (Å²) in [6.45, 7) is 6.60. The molecular weight excluding hydrogens is 274 g/mol. The van der Waals surface area contributed by atoms with E-state index < -0.39 is 0 Å². The van der Waals surface area contributed by atoms with Crippen molar-refractivity contribution >= 4 is 0 Å². The van der Waals surface area contributed by atoms with Crippen molar-refractivity contribution in [3.63, 3.8) is 0 Å². The monoisotopic (exact) mass is 295 g/mol. The highest BCUT2D eigenvalue weighted by Gasteiger charge is 2.26. The van der Waals surface area contributed by atoms with Crippen molar-refractivity contribution in [2.24, 2.45) is 0 Å². The van der Waals surface area contributed by atoms with Crippen molar-refractivity contribution in [1.82, 2.24) is 5.32 Å². The van der Waals surface area contributed by atoms with Gasteiger partial charge in [0.25, 0.3) is 0 Å². The van der Waals surface area contributed by atoms with Crippen molar-refractivity contribution in [2.75, 3.05) is 19.8 Å². The summed E-state index contributed by atoms with van der Waals surface area (Å²) in [5, 5.41) is 3.67. The van der Waals surface area contributed by atoms with Gasteiger partial charge < -0.3 is 14.8 Å². The number of aryl methyl sites for hydroxylation is 2. The number of nitrogens with one attached hydrogen (secondary N) is 1. The second kappa shape index (κ2) is 5.33. The Morgan fingerprint density at radius 3 is 2.55 bits per heavy atom. The molecule has 2 heterocycles. The molecule has 0 amide bonds. The van der Waals surface area contributed by atoms with Gasteiger partial charge >= 0.3 is 0 Å². The van der Waals surface area contributed by atoms with Crippen LogP contribution >= 0.6 is 0 Å². The van der Waals surface area contributed by atoms with Gasteiger partial charge in [0.2, 0.25) is 0 Å². The van der Waals surface area contributed by atoms with Gasteiger partial charge in [0.1, 0.15) is 13.2 Å². The van der Waals surface area contributed by atoms with Crippen molar-refractivity contribution in [3.8, 4) is 11.5 Å². The summed E-state index contributed by atoms with van der Waals surface area (Å²) in [7, 11) is 0. The molecular formula is C19H21NO2. The number of benzene rings is 2. The molecule has 1 atom stereocenters. The van der Waals surface area contributed by atoms with Gasteiger partial charge in [0, 0.05) is 6.54 Å². The number of rotatable bonds is 1. The molecule has 0 saturated carbocycles. The first-order valence-electron chi connectivity index (χ1n) is 7.95. The van der Waals surface area contributed by atoms with Gasteiger partial charge in [-0.05, 0) is 54.7 Å². The van der Waals surface area contributed by atoms with Gasteiger partial charge in [-0.3, -0.25) is 0 Å². The molecule has 22 heavy (non-hydrogen) atoms. The van der Waals surface area contributed by atoms with Gasteiger partial charge in [0.05, 0.1) is 6.04 Å². The Morgan fingerprint density at radius 2 is 1.73 bits per heavy atom. The molecule has 0 radical (unpaired) electrons. The van der Waals surface area contributed by atoms with Crippen LogP contribution in [0.4, 0.5) is 0 Å². The van der Waals surface area contributed by atoms with Crippen molar-refractivity contribution in [2.45, 2.75) is 26.3 Å². The van der Waals surface area contributed by atoms with E-state index in [1.54, 1.807) is 0 Å². The number of hydrogen-bond acceptors (Lipinski definition) is 3. The van der Waals surface area contributed by atoms with Crippen molar-refractivity contribution in [1.29, 1.82) is 0 Å². The summed E-state index contributed by atoms with van der Waals surface area (Å²) in [5.74, 6) is 1.77. The Balaban J connectivity index is 1.83. The largest absolute Gasteiger partial charge is 0.486 e. The summed E-state index contributed by atoms with van der Waals surface area (Å²) in [6.07, 6.45) is 1.04. The maximum absolute atomic E-state index is 5.77. The van der Waals surface area contributed by atoms with Crippen LogP contribution in [0.15, 0.2) is 30.3 Å². The van der Waals surface area contributed by atoms with Gasteiger partial charge in [0.15, 0.2) is 11.5 Å². The van der Waals surface area contributed by atoms with Crippen LogP contribution < -0.4 is 14.8 Å². The van der Waals surface area contributed by atoms with Crippen LogP contribution in [0, 0.1) is 13.8 Å². The van der Waals surface area contributed by atoms with E-state index >= 15 is 0 Å². The normalized spacial score (nSPS) is 19.6. The Kier molecular flexibility index (Phi) is 3.30. The van der Waals surface area contributed by atoms with Crippen LogP contribution in [0.1, 0.15) is 33.9 Å². The maximum Gasteiger partial charge on any atom is 0.161 e. The van der Waals surface area contributed by atoms with E-state index in [1.807, 2.05) is 0 Å². The first-order valence-corrected chi connectivity index (χ1v) is 7.95. The van der Waals surface area contributed by atoms with E-state index in [0.717, 1.165) is 24.5 Å². The number of fused-ring (bicyclic) bond motifs is 2. The molecule has 0 aromatic heterocycles. The highest BCUT2D eigenvalue weighted by Crippen LogP contribution is 2.39. The second-order valence-corrected chi connectivity index (χ2v) is 6.19. The SMILES string of the molecule is Cc1ccc(C)c(C2NCCc3cc4c(cc32)OCCO4)c1. The molecule has 0 fully saturated rings. The molecule has 4 rings (SSSR count). The molecule has 0 aliphatic carbocycles. The predicted octanol–water partition coefficient (Wildman–Crippen LogP) is 3.31. The zero-order chi connectivity index (χ0) is 15.1. The first-order chi connectivity index (χ1) is 10.7. The van der Waals surface area contributed by atoms with Gasteiger partial charge in [-0.2, -0.15) is 0 Å². The number of hydrogen-bond donors (Lipinski definition) is 1. The lowest BCUT2D eigenvalue weighted by Gasteiger charge is -2.31. The van der Waals surface area contributed by atoms with Crippen LogP contribution in [0.3, 0.4) is 0 Å². The third kappa shape index (κ3) is 2.26. The smallest absolute Gasteiger partial charge is 0.161 e. The summed E-state index contributed by atoms with van der Waals surface area (Å²) in [5.41, 5.74) is 6.67. The Bertz CT molecular complexity index is 724. The van der Waals surface area contributed by atoms with Crippen LogP contribution in [0.25, 0.3) is 0 Å². The van der Waals surface area contributed by atoms with Gasteiger partial charge in [-0.25, -0.2) is 0 Å². The molecule has 1 unspecified atom stereocenters. The summed E-state index contributed by atoms with van der Waals surface area (Å²) >= 11 is 0. The quantitative estimate of drug-likeness (QED) is 0.875. The van der Waals surface area contributed by atoms with E-state index in [-0.39, 0.29) is 6.04 Å². The molecule has 2 aliphatic heterocycles. The molecule has 114 valence electrons. The minimum Gasteiger partial charge on any atom is -0.486 e. The van der Waals surface area contributed by atoms with E-state index in [9.17, 15) is 0 Å². The average Bonchev–Trinajstić information content (AvgIpc) is 2.55. The Labute approximate surface area is 131 Å². The van der Waals surface area contributed by atoms with E-state index in [4.69, 9.17) is 9.47 Å². The van der Waals surface area contributed by atoms with Crippen LogP contribution in [0.5, 0.6) is 11.5 Å². The lowest BCUT2D eigenvalue weighted by atomic mass is 9.87. The second-order valence-electron chi connectivity index (χ2n) is 6.19. The third-order valence-electron chi connectivity index (χ3n) is 4.60. The van der Waals surface area contributed by atoms with Crippen molar-refractivity contribution < 1.29 is 9.47 Å². The summed E-state index contributed by atoms with van der Waals surface area (Å²) < 4.78 is 11.5. The highest BCUT2D eigenvalue weighted by atomic mass is 16.6. The minimum atomic E-state index is 0.236. The molecule has 2 aliphatic rings. The zero-order valence-corrected chi connectivity index (χ0v) is 13.1. The molecule has 1 N–H and O–H groups in total. The lowest BCUT2D eigenvalue weighted by molar-refractivity contribution is 0.171. The van der Waals surface area contributed by atoms with Gasteiger partial charge in [-0.15, -0.1) is 0 Å². The molecule has 2 aromatic carbocycles. The van der Waals surface area contributed by atoms with E-state index in [0.29, 0.717) is 13.2 Å². The standard InChI is InChI=1S/C19H21NO2/c1-12-3-4-13(2)15(9-12)19-16-11-18-17(21-7-8-22-18)10-14(16)5-6-20-19/h3-4,9-11,19-20H,5-8H2,1-2H3. The van der Waals surface area contributed by atoms with Gasteiger partial charge in [-0.1, -0.05) is 23.8 Å². The molecule has 3 nitrogen and oxygen atoms in total. The first kappa shape index (κ1) is 13.6. The Hall–Kier alpha value is -2.00. The summed E-state index contributed by atoms with van der Waals surface area (Å²) in [4.78, 5) is 0. The van der Waals surface area contributed by atoms with Crippen LogP contribution in [-0.2, 0) is 6.42 Å². The molecule has 0 spiro atoms. The highest BCUT2D eigenvalue weighted by molar-refractivity contribution is 5.53. The van der Waals surface area contributed by atoms with E-state index in [2.05, 4.69) is 49.5 Å². The maximum atomic E-state index is 5.77. The zero-order valence-electron chi connectivity index (χ0n) is 13.1. The molecule has 3 heteroatoms. The van der Waals surface area contributed by atoms with Crippen LogP contribution in [-0.4, -0.2) is 19.8 Å². The lowest BCUT2D eigenvalue weighted by Crippen LogP contribution is -2.31. The fraction of sp³-hybridized carbons (Fsp3) is 0.368. The fourth-order valence-corrected chi connectivity index (χ4v) is 3.44. The fourth-order valence-electron chi connectivity index (χ4n) is 3.44. The molecule has 2 aromatic rings. The topological polar surface area (TPSA) is 30.5 Å². The van der Waals surface area contributed by atoms with Crippen LogP contribution in [0.2, 0.25) is 0 Å².